The first-order valence-electron chi connectivity index (χ1n) is 5.83. The largest absolute Gasteiger partial charge is 0.573 e. The Hall–Kier alpha value is -2.46. The minimum atomic E-state index is -5.02. The average molecular weight is 345 g/mol. The molecule has 0 aliphatic carbocycles. The van der Waals surface area contributed by atoms with E-state index in [0.717, 1.165) is 18.2 Å². The highest BCUT2D eigenvalue weighted by molar-refractivity contribution is 5.96. The Balaban J connectivity index is 2.88. The van der Waals surface area contributed by atoms with Gasteiger partial charge in [0, 0.05) is 5.56 Å². The number of benzene rings is 1. The van der Waals surface area contributed by atoms with Crippen molar-refractivity contribution in [3.63, 3.8) is 0 Å². The van der Waals surface area contributed by atoms with Crippen molar-refractivity contribution in [3.8, 4) is 5.75 Å². The molecule has 1 rings (SSSR count). The zero-order valence-corrected chi connectivity index (χ0v) is 11.0. The summed E-state index contributed by atoms with van der Waals surface area (Å²) in [5.74, 6) is -3.99. The number of halogens is 6. The summed E-state index contributed by atoms with van der Waals surface area (Å²) in [5.41, 5.74) is -0.486. The molecule has 128 valence electrons. The number of hydrogen-bond acceptors (Lipinski definition) is 3. The average Bonchev–Trinajstić information content (AvgIpc) is 2.34. The number of rotatable bonds is 5. The molecule has 0 saturated carbocycles. The van der Waals surface area contributed by atoms with Crippen LogP contribution in [0.4, 0.5) is 26.3 Å². The van der Waals surface area contributed by atoms with Gasteiger partial charge in [0.15, 0.2) is 0 Å². The maximum absolute atomic E-state index is 12.2. The highest BCUT2D eigenvalue weighted by Crippen LogP contribution is 2.24. The molecule has 0 heterocycles. The monoisotopic (exact) mass is 345 g/mol. The summed E-state index contributed by atoms with van der Waals surface area (Å²) in [6.07, 6.45) is -11.7. The van der Waals surface area contributed by atoms with Crippen LogP contribution in [0.1, 0.15) is 16.8 Å². The zero-order valence-electron chi connectivity index (χ0n) is 11.0. The summed E-state index contributed by atoms with van der Waals surface area (Å²) in [5, 5.41) is 10.2. The molecule has 0 aromatic heterocycles. The molecule has 0 saturated heterocycles. The number of carbonyl (C=O) groups excluding carboxylic acids is 1. The number of hydrogen-bond donors (Lipinski definition) is 2. The highest BCUT2D eigenvalue weighted by Gasteiger charge is 2.36. The summed E-state index contributed by atoms with van der Waals surface area (Å²) < 4.78 is 76.3. The number of amides is 1. The lowest BCUT2D eigenvalue weighted by molar-refractivity contribution is -0.274. The quantitative estimate of drug-likeness (QED) is 0.805. The van der Waals surface area contributed by atoms with Gasteiger partial charge in [0.05, 0.1) is 6.42 Å². The van der Waals surface area contributed by atoms with Gasteiger partial charge in [-0.15, -0.1) is 13.2 Å². The van der Waals surface area contributed by atoms with Gasteiger partial charge in [0.1, 0.15) is 11.8 Å². The molecule has 0 fully saturated rings. The van der Waals surface area contributed by atoms with Crippen molar-refractivity contribution >= 4 is 11.9 Å². The minimum Gasteiger partial charge on any atom is -0.480 e. The van der Waals surface area contributed by atoms with E-state index in [4.69, 9.17) is 5.11 Å². The Labute approximate surface area is 124 Å². The van der Waals surface area contributed by atoms with E-state index in [1.165, 1.54) is 0 Å². The molecule has 1 amide bonds. The van der Waals surface area contributed by atoms with Crippen molar-refractivity contribution in [3.05, 3.63) is 29.8 Å². The Morgan fingerprint density at radius 2 is 1.78 bits per heavy atom. The number of carbonyl (C=O) groups is 2. The second-order valence-corrected chi connectivity index (χ2v) is 4.26. The van der Waals surface area contributed by atoms with Gasteiger partial charge < -0.3 is 15.2 Å². The van der Waals surface area contributed by atoms with E-state index in [1.54, 1.807) is 5.32 Å². The van der Waals surface area contributed by atoms with E-state index in [1.807, 2.05) is 0 Å². The summed E-state index contributed by atoms with van der Waals surface area (Å²) in [6, 6.07) is 1.21. The smallest absolute Gasteiger partial charge is 0.480 e. The summed E-state index contributed by atoms with van der Waals surface area (Å²) >= 11 is 0. The summed E-state index contributed by atoms with van der Waals surface area (Å²) in [6.45, 7) is 0. The van der Waals surface area contributed by atoms with Gasteiger partial charge in [-0.1, -0.05) is 6.07 Å². The molecule has 0 spiro atoms. The van der Waals surface area contributed by atoms with Crippen LogP contribution in [0, 0.1) is 0 Å². The van der Waals surface area contributed by atoms with Gasteiger partial charge >= 0.3 is 18.5 Å². The molecule has 1 aromatic carbocycles. The minimum absolute atomic E-state index is 0.486. The Bertz CT molecular complexity index is 584. The first-order valence-corrected chi connectivity index (χ1v) is 5.83. The van der Waals surface area contributed by atoms with E-state index >= 15 is 0 Å². The molecule has 5 nitrogen and oxygen atoms in total. The fourth-order valence-corrected chi connectivity index (χ4v) is 1.51. The standard InChI is InChI=1S/C12H9F6NO4/c13-11(14,15)5-8(10(21)22)19-9(20)6-2-1-3-7(4-6)23-12(16,17)18/h1-4,8H,5H2,(H,19,20)(H,21,22). The van der Waals surface area contributed by atoms with Crippen LogP contribution in [-0.2, 0) is 4.79 Å². The molecule has 1 aromatic rings. The van der Waals surface area contributed by atoms with Crippen molar-refractivity contribution in [1.29, 1.82) is 0 Å². The molecular weight excluding hydrogens is 336 g/mol. The van der Waals surface area contributed by atoms with Gasteiger partial charge in [-0.05, 0) is 18.2 Å². The van der Waals surface area contributed by atoms with Crippen LogP contribution in [0.15, 0.2) is 24.3 Å². The van der Waals surface area contributed by atoms with Crippen LogP contribution in [-0.4, -0.2) is 35.6 Å². The predicted octanol–water partition coefficient (Wildman–Crippen LogP) is 2.72. The molecule has 1 unspecified atom stereocenters. The van der Waals surface area contributed by atoms with Gasteiger partial charge in [-0.25, -0.2) is 4.79 Å². The second kappa shape index (κ2) is 6.75. The molecule has 23 heavy (non-hydrogen) atoms. The molecular formula is C12H9F6NO4. The molecule has 0 aliphatic heterocycles. The number of carboxylic acid groups (broad SMARTS) is 1. The third-order valence-electron chi connectivity index (χ3n) is 2.37. The van der Waals surface area contributed by atoms with Crippen LogP contribution in [0.3, 0.4) is 0 Å². The summed E-state index contributed by atoms with van der Waals surface area (Å²) in [7, 11) is 0. The van der Waals surface area contributed by atoms with Crippen molar-refractivity contribution in [1.82, 2.24) is 5.32 Å². The van der Waals surface area contributed by atoms with Crippen LogP contribution < -0.4 is 10.1 Å². The number of carboxylic acids is 1. The van der Waals surface area contributed by atoms with Gasteiger partial charge in [-0.3, -0.25) is 4.79 Å². The Morgan fingerprint density at radius 1 is 1.17 bits per heavy atom. The lowest BCUT2D eigenvalue weighted by Gasteiger charge is -2.16. The van der Waals surface area contributed by atoms with Crippen LogP contribution in [0.25, 0.3) is 0 Å². The fourth-order valence-electron chi connectivity index (χ4n) is 1.51. The maximum Gasteiger partial charge on any atom is 0.573 e. The SMILES string of the molecule is O=C(NC(CC(F)(F)F)C(=O)O)c1cccc(OC(F)(F)F)c1. The van der Waals surface area contributed by atoms with Gasteiger partial charge in [0.2, 0.25) is 0 Å². The van der Waals surface area contributed by atoms with Gasteiger partial charge in [0.25, 0.3) is 5.91 Å². The molecule has 0 aliphatic rings. The van der Waals surface area contributed by atoms with E-state index in [0.29, 0.717) is 6.07 Å². The molecule has 11 heteroatoms. The molecule has 0 bridgehead atoms. The first-order chi connectivity index (χ1) is 10.4. The Kier molecular flexibility index (Phi) is 5.46. The summed E-state index contributed by atoms with van der Waals surface area (Å²) in [4.78, 5) is 22.4. The van der Waals surface area contributed by atoms with E-state index < -0.39 is 48.2 Å². The van der Waals surface area contributed by atoms with Crippen LogP contribution in [0.2, 0.25) is 0 Å². The predicted molar refractivity (Wildman–Crippen MR) is 62.7 cm³/mol. The van der Waals surface area contributed by atoms with Crippen molar-refractivity contribution in [2.45, 2.75) is 25.0 Å². The Morgan fingerprint density at radius 3 is 2.26 bits per heavy atom. The topological polar surface area (TPSA) is 75.6 Å². The first kappa shape index (κ1) is 18.6. The lowest BCUT2D eigenvalue weighted by atomic mass is 10.1. The highest BCUT2D eigenvalue weighted by atomic mass is 19.4. The third kappa shape index (κ3) is 6.89. The van der Waals surface area contributed by atoms with Crippen molar-refractivity contribution in [2.75, 3.05) is 0 Å². The fraction of sp³-hybridized carbons (Fsp3) is 0.333. The molecule has 1 atom stereocenters. The normalized spacial score (nSPS) is 13.3. The van der Waals surface area contributed by atoms with Crippen LogP contribution in [0.5, 0.6) is 5.75 Å². The van der Waals surface area contributed by atoms with Crippen molar-refractivity contribution < 1.29 is 45.8 Å². The lowest BCUT2D eigenvalue weighted by Crippen LogP contribution is -2.43. The van der Waals surface area contributed by atoms with E-state index in [-0.39, 0.29) is 0 Å². The van der Waals surface area contributed by atoms with Crippen LogP contribution >= 0.6 is 0 Å². The number of aliphatic carboxylic acids is 1. The number of nitrogens with one attached hydrogen (secondary N) is 1. The number of ether oxygens (including phenoxy) is 1. The third-order valence-corrected chi connectivity index (χ3v) is 2.37. The molecule has 0 radical (unpaired) electrons. The van der Waals surface area contributed by atoms with E-state index in [9.17, 15) is 35.9 Å². The second-order valence-electron chi connectivity index (χ2n) is 4.26. The number of alkyl halides is 6. The van der Waals surface area contributed by atoms with Gasteiger partial charge in [-0.2, -0.15) is 13.2 Å². The molecule has 2 N–H and O–H groups in total. The zero-order chi connectivity index (χ0) is 17.8. The van der Waals surface area contributed by atoms with E-state index in [2.05, 4.69) is 4.74 Å². The van der Waals surface area contributed by atoms with Crippen molar-refractivity contribution in [2.24, 2.45) is 0 Å². The maximum atomic E-state index is 12.2.